The maximum atomic E-state index is 10.6. The summed E-state index contributed by atoms with van der Waals surface area (Å²) in [7, 11) is 0. The van der Waals surface area contributed by atoms with Crippen LogP contribution in [0.25, 0.3) is 0 Å². The van der Waals surface area contributed by atoms with Gasteiger partial charge in [-0.15, -0.1) is 6.58 Å². The number of hydrogen-bond acceptors (Lipinski definition) is 2. The molecule has 0 aromatic heterocycles. The van der Waals surface area contributed by atoms with Gasteiger partial charge in [-0.25, -0.2) is 0 Å². The monoisotopic (exact) mass is 249 g/mol. The van der Waals surface area contributed by atoms with E-state index in [0.717, 1.165) is 18.4 Å². The van der Waals surface area contributed by atoms with E-state index in [4.69, 9.17) is 5.73 Å². The molecule has 0 aliphatic heterocycles. The Kier molecular flexibility index (Phi) is 7.56. The lowest BCUT2D eigenvalue weighted by Crippen LogP contribution is -2.35. The van der Waals surface area contributed by atoms with Gasteiger partial charge in [-0.05, 0) is 38.2 Å². The van der Waals surface area contributed by atoms with Crippen molar-refractivity contribution in [2.24, 2.45) is 11.7 Å². The van der Waals surface area contributed by atoms with Crippen molar-refractivity contribution in [3.8, 4) is 0 Å². The molecule has 102 valence electrons. The number of allylic oxidation sites excluding steroid dienone is 3. The Balaban J connectivity index is 4.77. The third-order valence-electron chi connectivity index (χ3n) is 3.47. The van der Waals surface area contributed by atoms with E-state index < -0.39 is 5.60 Å². The molecule has 0 radical (unpaired) electrons. The van der Waals surface area contributed by atoms with E-state index in [-0.39, 0.29) is 12.0 Å². The second-order valence-electron chi connectivity index (χ2n) is 4.88. The summed E-state index contributed by atoms with van der Waals surface area (Å²) in [4.78, 5) is 0. The number of hydrogen-bond donors (Lipinski definition) is 2. The summed E-state index contributed by atoms with van der Waals surface area (Å²) < 4.78 is 0. The van der Waals surface area contributed by atoms with Gasteiger partial charge in [0.2, 0.25) is 0 Å². The van der Waals surface area contributed by atoms with Crippen LogP contribution in [0.1, 0.15) is 33.6 Å². The summed E-state index contributed by atoms with van der Waals surface area (Å²) in [6.07, 6.45) is 10.9. The average molecular weight is 249 g/mol. The van der Waals surface area contributed by atoms with Crippen LogP contribution in [0.3, 0.4) is 0 Å². The van der Waals surface area contributed by atoms with Crippen molar-refractivity contribution >= 4 is 0 Å². The lowest BCUT2D eigenvalue weighted by Gasteiger charge is -2.32. The highest BCUT2D eigenvalue weighted by atomic mass is 16.3. The molecular weight excluding hydrogens is 222 g/mol. The molecule has 0 aliphatic carbocycles. The molecular formula is C16H27NO. The van der Waals surface area contributed by atoms with E-state index in [9.17, 15) is 5.11 Å². The van der Waals surface area contributed by atoms with Crippen molar-refractivity contribution in [2.45, 2.75) is 45.3 Å². The second kappa shape index (κ2) is 8.06. The SMILES string of the molecule is C=C/C(=C\C=C/C)C(C)(O)C(C)CCC(N)C=C. The zero-order chi connectivity index (χ0) is 14.2. The smallest absolute Gasteiger partial charge is 0.0893 e. The van der Waals surface area contributed by atoms with Crippen LogP contribution in [0.15, 0.2) is 49.1 Å². The van der Waals surface area contributed by atoms with Crippen LogP contribution in [-0.4, -0.2) is 16.7 Å². The fourth-order valence-corrected chi connectivity index (χ4v) is 1.77. The topological polar surface area (TPSA) is 46.2 Å². The Labute approximate surface area is 112 Å². The Morgan fingerprint density at radius 1 is 1.39 bits per heavy atom. The molecule has 0 rings (SSSR count). The first-order valence-electron chi connectivity index (χ1n) is 6.46. The van der Waals surface area contributed by atoms with Crippen LogP contribution in [0.5, 0.6) is 0 Å². The van der Waals surface area contributed by atoms with E-state index in [0.29, 0.717) is 0 Å². The molecule has 3 unspecified atom stereocenters. The predicted octanol–water partition coefficient (Wildman–Crippen LogP) is 3.36. The fraction of sp³-hybridized carbons (Fsp3) is 0.500. The highest BCUT2D eigenvalue weighted by molar-refractivity contribution is 5.31. The van der Waals surface area contributed by atoms with Crippen LogP contribution in [0.4, 0.5) is 0 Å². The fourth-order valence-electron chi connectivity index (χ4n) is 1.77. The number of nitrogens with two attached hydrogens (primary N) is 1. The summed E-state index contributed by atoms with van der Waals surface area (Å²) in [5.41, 5.74) is 5.75. The van der Waals surface area contributed by atoms with Crippen LogP contribution >= 0.6 is 0 Å². The first-order valence-corrected chi connectivity index (χ1v) is 6.46. The Morgan fingerprint density at radius 2 is 2.00 bits per heavy atom. The van der Waals surface area contributed by atoms with Crippen molar-refractivity contribution in [1.29, 1.82) is 0 Å². The van der Waals surface area contributed by atoms with Gasteiger partial charge in [0.05, 0.1) is 5.60 Å². The van der Waals surface area contributed by atoms with E-state index in [1.54, 1.807) is 12.2 Å². The van der Waals surface area contributed by atoms with Crippen LogP contribution < -0.4 is 5.73 Å². The average Bonchev–Trinajstić information content (AvgIpc) is 2.35. The summed E-state index contributed by atoms with van der Waals surface area (Å²) in [6.45, 7) is 13.2. The van der Waals surface area contributed by atoms with Crippen LogP contribution in [0.2, 0.25) is 0 Å². The van der Waals surface area contributed by atoms with Crippen molar-refractivity contribution in [2.75, 3.05) is 0 Å². The molecule has 0 aliphatic rings. The molecule has 0 saturated carbocycles. The van der Waals surface area contributed by atoms with Gasteiger partial charge in [0.15, 0.2) is 0 Å². The van der Waals surface area contributed by atoms with Crippen LogP contribution in [0, 0.1) is 5.92 Å². The van der Waals surface area contributed by atoms with Gasteiger partial charge in [-0.3, -0.25) is 0 Å². The van der Waals surface area contributed by atoms with E-state index in [1.807, 2.05) is 39.0 Å². The van der Waals surface area contributed by atoms with Crippen molar-refractivity contribution < 1.29 is 5.11 Å². The summed E-state index contributed by atoms with van der Waals surface area (Å²) in [5.74, 6) is 0.109. The molecule has 0 aromatic rings. The van der Waals surface area contributed by atoms with Crippen molar-refractivity contribution in [3.05, 3.63) is 49.1 Å². The van der Waals surface area contributed by atoms with Crippen molar-refractivity contribution in [1.82, 2.24) is 0 Å². The molecule has 3 N–H and O–H groups in total. The third-order valence-corrected chi connectivity index (χ3v) is 3.47. The normalized spacial score (nSPS) is 19.3. The molecule has 0 heterocycles. The molecule has 0 fully saturated rings. The molecule has 0 aromatic carbocycles. The highest BCUT2D eigenvalue weighted by Crippen LogP contribution is 2.30. The summed E-state index contributed by atoms with van der Waals surface area (Å²) >= 11 is 0. The Hall–Kier alpha value is -1.12. The van der Waals surface area contributed by atoms with Gasteiger partial charge >= 0.3 is 0 Å². The summed E-state index contributed by atoms with van der Waals surface area (Å²) in [6, 6.07) is -0.00468. The summed E-state index contributed by atoms with van der Waals surface area (Å²) in [5, 5.41) is 10.6. The van der Waals surface area contributed by atoms with Gasteiger partial charge in [0.25, 0.3) is 0 Å². The zero-order valence-electron chi connectivity index (χ0n) is 11.9. The molecule has 18 heavy (non-hydrogen) atoms. The van der Waals surface area contributed by atoms with Gasteiger partial charge in [-0.1, -0.05) is 43.9 Å². The quantitative estimate of drug-likeness (QED) is 0.512. The van der Waals surface area contributed by atoms with Gasteiger partial charge < -0.3 is 10.8 Å². The molecule has 0 saturated heterocycles. The standard InChI is InChI=1S/C16H27NO/c1-6-9-10-14(7-2)16(5,18)13(4)11-12-15(17)8-3/h6-10,13,15,18H,2-3,11-12,17H2,1,4-5H3/b9-6-,14-10+. The van der Waals surface area contributed by atoms with E-state index >= 15 is 0 Å². The van der Waals surface area contributed by atoms with E-state index in [1.165, 1.54) is 0 Å². The number of aliphatic hydroxyl groups is 1. The van der Waals surface area contributed by atoms with Gasteiger partial charge in [0.1, 0.15) is 0 Å². The van der Waals surface area contributed by atoms with Crippen LogP contribution in [-0.2, 0) is 0 Å². The molecule has 2 nitrogen and oxygen atoms in total. The maximum absolute atomic E-state index is 10.6. The number of rotatable bonds is 8. The molecule has 3 atom stereocenters. The second-order valence-corrected chi connectivity index (χ2v) is 4.88. The van der Waals surface area contributed by atoms with Crippen molar-refractivity contribution in [3.63, 3.8) is 0 Å². The first kappa shape index (κ1) is 16.9. The molecule has 0 spiro atoms. The lowest BCUT2D eigenvalue weighted by molar-refractivity contribution is 0.0409. The van der Waals surface area contributed by atoms with E-state index in [2.05, 4.69) is 13.2 Å². The minimum atomic E-state index is -0.887. The zero-order valence-corrected chi connectivity index (χ0v) is 11.9. The minimum Gasteiger partial charge on any atom is -0.385 e. The molecule has 0 amide bonds. The Morgan fingerprint density at radius 3 is 2.44 bits per heavy atom. The third kappa shape index (κ3) is 5.03. The minimum absolute atomic E-state index is 0.00468. The maximum Gasteiger partial charge on any atom is 0.0893 e. The highest BCUT2D eigenvalue weighted by Gasteiger charge is 2.30. The Bertz CT molecular complexity index is 326. The lowest BCUT2D eigenvalue weighted by atomic mass is 9.80. The molecule has 0 bridgehead atoms. The van der Waals surface area contributed by atoms with Gasteiger partial charge in [-0.2, -0.15) is 0 Å². The molecule has 2 heteroatoms. The predicted molar refractivity (Wildman–Crippen MR) is 80.3 cm³/mol. The largest absolute Gasteiger partial charge is 0.385 e. The van der Waals surface area contributed by atoms with Gasteiger partial charge in [0, 0.05) is 6.04 Å². The first-order chi connectivity index (χ1) is 8.39.